The van der Waals surface area contributed by atoms with Gasteiger partial charge in [-0.3, -0.25) is 9.88 Å². The molecule has 2 heterocycles. The quantitative estimate of drug-likeness (QED) is 0.240. The Hall–Kier alpha value is -3.96. The molecule has 1 aliphatic heterocycles. The van der Waals surface area contributed by atoms with Crippen molar-refractivity contribution in [3.63, 3.8) is 0 Å². The van der Waals surface area contributed by atoms with Gasteiger partial charge in [0.2, 0.25) is 0 Å². The van der Waals surface area contributed by atoms with Crippen molar-refractivity contribution in [2.75, 3.05) is 13.1 Å². The van der Waals surface area contributed by atoms with Crippen molar-refractivity contribution in [2.24, 2.45) is 0 Å². The van der Waals surface area contributed by atoms with Crippen LogP contribution in [0.15, 0.2) is 73.1 Å². The number of ether oxygens (including phenoxy) is 2. The molecule has 1 aromatic heterocycles. The topological polar surface area (TPSA) is 78.6 Å². The van der Waals surface area contributed by atoms with Gasteiger partial charge >= 0.3 is 0 Å². The fourth-order valence-corrected chi connectivity index (χ4v) is 6.09. The molecular weight excluding hydrogens is 553 g/mol. The van der Waals surface area contributed by atoms with Crippen LogP contribution in [0.4, 0.5) is 4.39 Å². The van der Waals surface area contributed by atoms with E-state index < -0.39 is 0 Å². The Kier molecular flexibility index (Phi) is 8.38. The van der Waals surface area contributed by atoms with E-state index in [1.54, 1.807) is 18.3 Å². The van der Waals surface area contributed by atoms with E-state index in [0.29, 0.717) is 34.2 Å². The van der Waals surface area contributed by atoms with Crippen molar-refractivity contribution in [3.8, 4) is 28.7 Å². The Morgan fingerprint density at radius 2 is 1.81 bits per heavy atom. The van der Waals surface area contributed by atoms with Crippen LogP contribution in [0.2, 0.25) is 5.02 Å². The molecule has 0 spiro atoms. The summed E-state index contributed by atoms with van der Waals surface area (Å²) in [7, 11) is 0. The first-order chi connectivity index (χ1) is 20.5. The zero-order valence-corrected chi connectivity index (χ0v) is 23.9. The van der Waals surface area contributed by atoms with Crippen LogP contribution in [-0.2, 0) is 19.6 Å². The highest BCUT2D eigenvalue weighted by Crippen LogP contribution is 2.43. The van der Waals surface area contributed by atoms with Crippen LogP contribution in [0.3, 0.4) is 0 Å². The molecule has 1 saturated heterocycles. The number of likely N-dealkylation sites (tertiary alicyclic amines) is 1. The molecule has 1 aliphatic carbocycles. The van der Waals surface area contributed by atoms with Crippen LogP contribution < -0.4 is 9.47 Å². The first-order valence-corrected chi connectivity index (χ1v) is 14.6. The smallest absolute Gasteiger partial charge is 0.142 e. The predicted molar refractivity (Wildman–Crippen MR) is 159 cm³/mol. The standard InChI is InChI=1S/C34H31ClFN3O3/c35-30-15-24(20-39-12-10-25(40)11-13-39)33(41-21-23-14-22(17-37)18-38-19-23)16-34(30)42-32-9-8-27-26(5-3-6-29(27)32)28-4-1-2-7-31(28)36/h1-7,14-16,18-19,25,32,40H,8-13,20-21H2/t32-/m0/s1. The highest BCUT2D eigenvalue weighted by molar-refractivity contribution is 6.32. The largest absolute Gasteiger partial charge is 0.488 e. The van der Waals surface area contributed by atoms with Gasteiger partial charge in [-0.25, -0.2) is 4.39 Å². The van der Waals surface area contributed by atoms with Crippen LogP contribution >= 0.6 is 11.6 Å². The molecule has 8 heteroatoms. The van der Waals surface area contributed by atoms with E-state index in [1.165, 1.54) is 12.3 Å². The van der Waals surface area contributed by atoms with E-state index in [9.17, 15) is 14.8 Å². The molecule has 6 rings (SSSR count). The molecule has 0 radical (unpaired) electrons. The lowest BCUT2D eigenvalue weighted by atomic mass is 9.96. The van der Waals surface area contributed by atoms with E-state index in [-0.39, 0.29) is 24.6 Å². The fourth-order valence-electron chi connectivity index (χ4n) is 5.86. The van der Waals surface area contributed by atoms with Gasteiger partial charge in [0.15, 0.2) is 0 Å². The minimum Gasteiger partial charge on any atom is -0.488 e. The molecule has 1 N–H and O–H groups in total. The minimum absolute atomic E-state index is 0.230. The first kappa shape index (κ1) is 28.2. The number of benzene rings is 3. The summed E-state index contributed by atoms with van der Waals surface area (Å²) in [4.78, 5) is 6.42. The van der Waals surface area contributed by atoms with Crippen molar-refractivity contribution in [1.29, 1.82) is 5.26 Å². The van der Waals surface area contributed by atoms with E-state index in [4.69, 9.17) is 21.1 Å². The third-order valence-corrected chi connectivity index (χ3v) is 8.33. The number of nitrogens with zero attached hydrogens (tertiary/aromatic N) is 3. The third-order valence-electron chi connectivity index (χ3n) is 8.03. The molecule has 0 unspecified atom stereocenters. The molecule has 6 nitrogen and oxygen atoms in total. The number of fused-ring (bicyclic) bond motifs is 1. The van der Waals surface area contributed by atoms with Crippen LogP contribution in [0, 0.1) is 17.1 Å². The Morgan fingerprint density at radius 1 is 1.00 bits per heavy atom. The summed E-state index contributed by atoms with van der Waals surface area (Å²) in [5, 5.41) is 19.7. The Bertz CT molecular complexity index is 1630. The predicted octanol–water partition coefficient (Wildman–Crippen LogP) is 7.01. The number of halogens is 2. The van der Waals surface area contributed by atoms with Crippen molar-refractivity contribution in [1.82, 2.24) is 9.88 Å². The normalized spacial score (nSPS) is 17.0. The summed E-state index contributed by atoms with van der Waals surface area (Å²) in [5.41, 5.74) is 5.78. The average molecular weight is 584 g/mol. The van der Waals surface area contributed by atoms with Gasteiger partial charge in [0.1, 0.15) is 36.1 Å². The second kappa shape index (κ2) is 12.5. The summed E-state index contributed by atoms with van der Waals surface area (Å²) in [6.45, 7) is 2.42. The van der Waals surface area contributed by atoms with Gasteiger partial charge < -0.3 is 14.6 Å². The number of pyridine rings is 1. The van der Waals surface area contributed by atoms with Gasteiger partial charge in [-0.05, 0) is 60.6 Å². The van der Waals surface area contributed by atoms with E-state index in [0.717, 1.165) is 66.6 Å². The fraction of sp³-hybridized carbons (Fsp3) is 0.294. The van der Waals surface area contributed by atoms with Crippen LogP contribution in [0.25, 0.3) is 11.1 Å². The second-order valence-electron chi connectivity index (χ2n) is 10.9. The second-order valence-corrected chi connectivity index (χ2v) is 11.3. The lowest BCUT2D eigenvalue weighted by Gasteiger charge is -2.30. The number of rotatable bonds is 8. The zero-order chi connectivity index (χ0) is 29.1. The van der Waals surface area contributed by atoms with Gasteiger partial charge in [0.05, 0.1) is 16.7 Å². The van der Waals surface area contributed by atoms with Crippen molar-refractivity contribution in [2.45, 2.75) is 51.0 Å². The summed E-state index contributed by atoms with van der Waals surface area (Å²) < 4.78 is 27.5. The molecule has 0 amide bonds. The Balaban J connectivity index is 1.28. The monoisotopic (exact) mass is 583 g/mol. The number of hydrogen-bond acceptors (Lipinski definition) is 6. The molecule has 4 aromatic rings. The molecule has 1 atom stereocenters. The van der Waals surface area contributed by atoms with E-state index in [1.807, 2.05) is 42.5 Å². The molecule has 214 valence electrons. The van der Waals surface area contributed by atoms with Crippen LogP contribution in [-0.4, -0.2) is 34.2 Å². The zero-order valence-electron chi connectivity index (χ0n) is 23.1. The van der Waals surface area contributed by atoms with E-state index >= 15 is 0 Å². The number of nitriles is 1. The van der Waals surface area contributed by atoms with Crippen LogP contribution in [0.1, 0.15) is 53.2 Å². The summed E-state index contributed by atoms with van der Waals surface area (Å²) >= 11 is 6.82. The van der Waals surface area contributed by atoms with Gasteiger partial charge in [-0.15, -0.1) is 0 Å². The summed E-state index contributed by atoms with van der Waals surface area (Å²) in [6, 6.07) is 20.4. The van der Waals surface area contributed by atoms with Crippen molar-refractivity contribution < 1.29 is 19.0 Å². The molecule has 42 heavy (non-hydrogen) atoms. The maximum atomic E-state index is 14.6. The van der Waals surface area contributed by atoms with Crippen molar-refractivity contribution in [3.05, 3.63) is 112 Å². The highest BCUT2D eigenvalue weighted by atomic mass is 35.5. The molecular formula is C34H31ClFN3O3. The lowest BCUT2D eigenvalue weighted by Crippen LogP contribution is -2.35. The van der Waals surface area contributed by atoms with E-state index in [2.05, 4.69) is 16.0 Å². The average Bonchev–Trinajstić information content (AvgIpc) is 3.42. The number of aromatic nitrogens is 1. The summed E-state index contributed by atoms with van der Waals surface area (Å²) in [6.07, 6.45) is 5.69. The third kappa shape index (κ3) is 6.12. The molecule has 0 bridgehead atoms. The van der Waals surface area contributed by atoms with Crippen LogP contribution in [0.5, 0.6) is 11.5 Å². The Labute approximate surface area is 249 Å². The lowest BCUT2D eigenvalue weighted by molar-refractivity contribution is 0.0787. The highest BCUT2D eigenvalue weighted by Gasteiger charge is 2.28. The SMILES string of the molecule is N#Cc1cncc(COc2cc(O[C@H]3CCc4c(-c5ccccc5F)cccc43)c(Cl)cc2CN2CCC(O)CC2)c1. The van der Waals surface area contributed by atoms with Gasteiger partial charge in [0.25, 0.3) is 0 Å². The van der Waals surface area contributed by atoms with Gasteiger partial charge in [0, 0.05) is 54.8 Å². The summed E-state index contributed by atoms with van der Waals surface area (Å²) in [5.74, 6) is 0.915. The first-order valence-electron chi connectivity index (χ1n) is 14.2. The maximum absolute atomic E-state index is 14.6. The maximum Gasteiger partial charge on any atom is 0.142 e. The molecule has 2 aliphatic rings. The van der Waals surface area contributed by atoms with Gasteiger partial charge in [-0.2, -0.15) is 5.26 Å². The number of hydrogen-bond donors (Lipinski definition) is 1. The number of aliphatic hydroxyl groups is 1. The number of piperidine rings is 1. The van der Waals surface area contributed by atoms with Crippen molar-refractivity contribution >= 4 is 11.6 Å². The minimum atomic E-state index is -0.260. The molecule has 0 saturated carbocycles. The Morgan fingerprint density at radius 3 is 2.62 bits per heavy atom. The molecule has 1 fully saturated rings. The number of aliphatic hydroxyl groups excluding tert-OH is 1. The molecule has 3 aromatic carbocycles. The van der Waals surface area contributed by atoms with Gasteiger partial charge in [-0.1, -0.05) is 48.0 Å².